The van der Waals surface area contributed by atoms with Gasteiger partial charge < -0.3 is 0 Å². The Morgan fingerprint density at radius 1 is 1.17 bits per heavy atom. The lowest BCUT2D eigenvalue weighted by atomic mass is 9.48. The van der Waals surface area contributed by atoms with Gasteiger partial charge >= 0.3 is 0 Å². The molecule has 5 aliphatic rings. The number of ketones is 1. The number of nitro benzene ring substituents is 1. The summed E-state index contributed by atoms with van der Waals surface area (Å²) in [5.74, 6) is 2.43. The number of aliphatic imine (C=N–C) groups is 1. The molecule has 4 fully saturated rings. The Morgan fingerprint density at radius 2 is 1.76 bits per heavy atom. The van der Waals surface area contributed by atoms with Crippen molar-refractivity contribution in [3.8, 4) is 0 Å². The number of benzene rings is 1. The zero-order chi connectivity index (χ0) is 20.6. The predicted octanol–water partition coefficient (Wildman–Crippen LogP) is 5.55. The first-order valence-electron chi connectivity index (χ1n) is 10.7. The maximum absolute atomic E-state index is 13.6. The molecule has 0 spiro atoms. The van der Waals surface area contributed by atoms with E-state index < -0.39 is 4.92 Å². The minimum absolute atomic E-state index is 0.111. The molecule has 4 saturated carbocycles. The molecule has 5 nitrogen and oxygen atoms in total. The third-order valence-electron chi connectivity index (χ3n) is 7.70. The Labute approximate surface area is 176 Å². The molecule has 0 atom stereocenters. The van der Waals surface area contributed by atoms with Gasteiger partial charge in [-0.15, -0.1) is 0 Å². The molecule has 1 aromatic carbocycles. The fraction of sp³-hybridized carbons (Fsp3) is 0.652. The number of nitro groups is 1. The van der Waals surface area contributed by atoms with Crippen LogP contribution in [0.4, 0.5) is 5.69 Å². The maximum atomic E-state index is 13.6. The molecule has 4 aliphatic carbocycles. The van der Waals surface area contributed by atoms with Gasteiger partial charge in [0.15, 0.2) is 0 Å². The van der Waals surface area contributed by atoms with Crippen LogP contribution in [0.2, 0.25) is 5.02 Å². The summed E-state index contributed by atoms with van der Waals surface area (Å²) >= 11 is 6.17. The molecule has 0 N–H and O–H groups in total. The number of hydrogen-bond donors (Lipinski definition) is 0. The smallest absolute Gasteiger partial charge is 0.288 e. The SMILES string of the molecule is CC1(C)Cc2cc(Cl)c([N+](=O)[O-])cc2C(CC(=O)C23CC4CC(CC(C4)C2)C3)=N1. The fourth-order valence-electron chi connectivity index (χ4n) is 7.02. The molecule has 0 saturated heterocycles. The van der Waals surface area contributed by atoms with Gasteiger partial charge in [-0.3, -0.25) is 19.9 Å². The zero-order valence-corrected chi connectivity index (χ0v) is 17.8. The molecule has 6 heteroatoms. The minimum Gasteiger partial charge on any atom is -0.299 e. The maximum Gasteiger partial charge on any atom is 0.288 e. The highest BCUT2D eigenvalue weighted by atomic mass is 35.5. The lowest BCUT2D eigenvalue weighted by molar-refractivity contribution is -0.384. The van der Waals surface area contributed by atoms with Gasteiger partial charge in [-0.2, -0.15) is 0 Å². The molecule has 1 aliphatic heterocycles. The summed E-state index contributed by atoms with van der Waals surface area (Å²) in [5, 5.41) is 11.6. The first kappa shape index (κ1) is 19.2. The van der Waals surface area contributed by atoms with E-state index in [0.29, 0.717) is 35.7 Å². The van der Waals surface area contributed by atoms with Crippen LogP contribution in [-0.4, -0.2) is 22.0 Å². The van der Waals surface area contributed by atoms with E-state index in [1.54, 1.807) is 6.07 Å². The van der Waals surface area contributed by atoms with Crippen LogP contribution in [0.3, 0.4) is 0 Å². The lowest BCUT2D eigenvalue weighted by Crippen LogP contribution is -2.50. The van der Waals surface area contributed by atoms with E-state index in [0.717, 1.165) is 30.4 Å². The van der Waals surface area contributed by atoms with Crippen LogP contribution >= 0.6 is 11.6 Å². The lowest BCUT2D eigenvalue weighted by Gasteiger charge is -2.56. The van der Waals surface area contributed by atoms with E-state index in [1.807, 2.05) is 13.8 Å². The Kier molecular flexibility index (Phi) is 4.22. The number of carbonyl (C=O) groups is 1. The number of nitrogens with zero attached hydrogens (tertiary/aromatic N) is 2. The molecular formula is C23H27ClN2O3. The molecule has 0 aromatic heterocycles. The van der Waals surface area contributed by atoms with Crippen LogP contribution in [-0.2, 0) is 11.2 Å². The van der Waals surface area contributed by atoms with Gasteiger partial charge in [0, 0.05) is 23.5 Å². The Hall–Kier alpha value is -1.75. The minimum atomic E-state index is -0.457. The van der Waals surface area contributed by atoms with Crippen LogP contribution < -0.4 is 0 Å². The summed E-state index contributed by atoms with van der Waals surface area (Å²) in [6.07, 6.45) is 7.93. The van der Waals surface area contributed by atoms with Gasteiger partial charge in [-0.05, 0) is 88.2 Å². The summed E-state index contributed by atoms with van der Waals surface area (Å²) in [5.41, 5.74) is 1.75. The number of Topliss-reactive ketones (excluding diaryl/α,β-unsaturated/α-hetero) is 1. The van der Waals surface area contributed by atoms with Gasteiger partial charge in [0.05, 0.1) is 16.2 Å². The van der Waals surface area contributed by atoms with Crippen LogP contribution in [0.15, 0.2) is 17.1 Å². The summed E-state index contributed by atoms with van der Waals surface area (Å²) in [4.78, 5) is 29.5. The molecule has 6 rings (SSSR count). The number of rotatable bonds is 4. The molecule has 1 heterocycles. The Balaban J connectivity index is 1.49. The van der Waals surface area contributed by atoms with Crippen LogP contribution in [0.25, 0.3) is 0 Å². The Bertz CT molecular complexity index is 914. The van der Waals surface area contributed by atoms with Crippen molar-refractivity contribution < 1.29 is 9.72 Å². The second-order valence-electron chi connectivity index (χ2n) is 10.6. The number of halogens is 1. The average molecular weight is 415 g/mol. The standard InChI is InChI=1S/C23H27ClN2O3/c1-22(2)12-16-6-18(24)20(26(28)29)7-17(16)19(25-22)8-21(27)23-9-13-3-14(10-23)5-15(4-13)11-23/h6-7,13-15H,3-5,8-12H2,1-2H3. The van der Waals surface area contributed by atoms with Crippen molar-refractivity contribution >= 4 is 28.8 Å². The van der Waals surface area contributed by atoms with Crippen molar-refractivity contribution in [2.24, 2.45) is 28.2 Å². The normalized spacial score (nSPS) is 33.9. The van der Waals surface area contributed by atoms with E-state index in [9.17, 15) is 14.9 Å². The van der Waals surface area contributed by atoms with Crippen molar-refractivity contribution in [1.29, 1.82) is 0 Å². The van der Waals surface area contributed by atoms with Crippen molar-refractivity contribution in [3.63, 3.8) is 0 Å². The van der Waals surface area contributed by atoms with E-state index in [4.69, 9.17) is 16.6 Å². The summed E-state index contributed by atoms with van der Waals surface area (Å²) in [7, 11) is 0. The van der Waals surface area contributed by atoms with E-state index in [1.165, 1.54) is 25.3 Å². The van der Waals surface area contributed by atoms with Gasteiger partial charge in [-0.1, -0.05) is 11.6 Å². The second-order valence-corrected chi connectivity index (χ2v) is 11.0. The monoisotopic (exact) mass is 414 g/mol. The highest BCUT2D eigenvalue weighted by molar-refractivity contribution is 6.33. The molecular weight excluding hydrogens is 388 g/mol. The van der Waals surface area contributed by atoms with Gasteiger partial charge in [-0.25, -0.2) is 0 Å². The Morgan fingerprint density at radius 3 is 2.31 bits per heavy atom. The summed E-state index contributed by atoms with van der Waals surface area (Å²) < 4.78 is 0. The molecule has 0 radical (unpaired) electrons. The molecule has 154 valence electrons. The summed E-state index contributed by atoms with van der Waals surface area (Å²) in [6.45, 7) is 4.08. The van der Waals surface area contributed by atoms with Crippen molar-refractivity contribution in [3.05, 3.63) is 38.4 Å². The highest BCUT2D eigenvalue weighted by Gasteiger charge is 2.54. The zero-order valence-electron chi connectivity index (χ0n) is 17.0. The van der Waals surface area contributed by atoms with Crippen LogP contribution in [0, 0.1) is 33.3 Å². The molecule has 0 amide bonds. The van der Waals surface area contributed by atoms with Gasteiger partial charge in [0.1, 0.15) is 10.8 Å². The summed E-state index contributed by atoms with van der Waals surface area (Å²) in [6, 6.07) is 3.22. The molecule has 4 bridgehead atoms. The second kappa shape index (κ2) is 6.37. The predicted molar refractivity (Wildman–Crippen MR) is 113 cm³/mol. The quantitative estimate of drug-likeness (QED) is 0.479. The van der Waals surface area contributed by atoms with Crippen LogP contribution in [0.5, 0.6) is 0 Å². The average Bonchev–Trinajstić information content (AvgIpc) is 2.58. The first-order chi connectivity index (χ1) is 13.6. The first-order valence-corrected chi connectivity index (χ1v) is 11.1. The topological polar surface area (TPSA) is 72.6 Å². The van der Waals surface area contributed by atoms with Gasteiger partial charge in [0.2, 0.25) is 0 Å². The largest absolute Gasteiger partial charge is 0.299 e. The van der Waals surface area contributed by atoms with Crippen molar-refractivity contribution in [2.75, 3.05) is 0 Å². The third kappa shape index (κ3) is 3.22. The molecule has 1 aromatic rings. The van der Waals surface area contributed by atoms with Crippen LogP contribution in [0.1, 0.15) is 69.9 Å². The number of fused-ring (bicyclic) bond motifs is 1. The number of hydrogen-bond acceptors (Lipinski definition) is 4. The molecule has 0 unspecified atom stereocenters. The third-order valence-corrected chi connectivity index (χ3v) is 8.00. The van der Waals surface area contributed by atoms with Crippen molar-refractivity contribution in [1.82, 2.24) is 0 Å². The highest BCUT2D eigenvalue weighted by Crippen LogP contribution is 2.60. The fourth-order valence-corrected chi connectivity index (χ4v) is 7.27. The molecule has 29 heavy (non-hydrogen) atoms. The van der Waals surface area contributed by atoms with E-state index >= 15 is 0 Å². The van der Waals surface area contributed by atoms with Crippen molar-refractivity contribution in [2.45, 2.75) is 70.8 Å². The van der Waals surface area contributed by atoms with E-state index in [2.05, 4.69) is 0 Å². The van der Waals surface area contributed by atoms with Gasteiger partial charge in [0.25, 0.3) is 5.69 Å². The number of carbonyl (C=O) groups excluding carboxylic acids is 1. The van der Waals surface area contributed by atoms with E-state index in [-0.39, 0.29) is 28.1 Å².